The molecule has 0 radical (unpaired) electrons. The summed E-state index contributed by atoms with van der Waals surface area (Å²) in [6, 6.07) is 4.96. The maximum absolute atomic E-state index is 12.2. The van der Waals surface area contributed by atoms with Crippen LogP contribution >= 0.6 is 11.6 Å². The van der Waals surface area contributed by atoms with Crippen molar-refractivity contribution in [2.45, 2.75) is 0 Å². The Morgan fingerprint density at radius 1 is 1.33 bits per heavy atom. The fourth-order valence-corrected chi connectivity index (χ4v) is 1.69. The molecule has 0 aliphatic carbocycles. The van der Waals surface area contributed by atoms with Crippen LogP contribution in [0.4, 0.5) is 11.4 Å². The number of nitrogens with two attached hydrogens (primary N) is 1. The fraction of sp³-hybridized carbons (Fsp3) is 0.0833. The van der Waals surface area contributed by atoms with Gasteiger partial charge in [0.1, 0.15) is 6.33 Å². The van der Waals surface area contributed by atoms with Crippen LogP contribution in [0.5, 0.6) is 0 Å². The third-order valence-corrected chi connectivity index (χ3v) is 2.70. The van der Waals surface area contributed by atoms with Crippen LogP contribution in [0.1, 0.15) is 10.4 Å². The molecule has 2 N–H and O–H groups in total. The van der Waals surface area contributed by atoms with Crippen LogP contribution in [0.25, 0.3) is 0 Å². The summed E-state index contributed by atoms with van der Waals surface area (Å²) in [5, 5.41) is 0.517. The van der Waals surface area contributed by atoms with Gasteiger partial charge in [0.15, 0.2) is 0 Å². The first kappa shape index (κ1) is 12.3. The van der Waals surface area contributed by atoms with Crippen molar-refractivity contribution < 1.29 is 4.79 Å². The second-order valence-electron chi connectivity index (χ2n) is 3.69. The highest BCUT2D eigenvalue weighted by Gasteiger charge is 2.16. The topological polar surface area (TPSA) is 72.1 Å². The van der Waals surface area contributed by atoms with E-state index in [2.05, 4.69) is 9.97 Å². The first-order valence-electron chi connectivity index (χ1n) is 5.17. The second kappa shape index (κ2) is 5.01. The van der Waals surface area contributed by atoms with Gasteiger partial charge >= 0.3 is 0 Å². The molecule has 92 valence electrons. The molecule has 0 saturated heterocycles. The molecule has 1 aromatic heterocycles. The summed E-state index contributed by atoms with van der Waals surface area (Å²) < 4.78 is 0. The molecule has 0 saturated carbocycles. The summed E-state index contributed by atoms with van der Waals surface area (Å²) in [6.45, 7) is 0. The predicted octanol–water partition coefficient (Wildman–Crippen LogP) is 1.99. The Hall–Kier alpha value is -2.14. The first-order valence-corrected chi connectivity index (χ1v) is 5.55. The standard InChI is InChI=1S/C12H11ClN4O/c1-17(11-4-9(13)2-3-10(11)14)12(18)8-5-15-7-16-6-8/h2-7H,14H2,1H3. The molecule has 1 aromatic carbocycles. The van der Waals surface area contributed by atoms with Crippen molar-refractivity contribution in [3.8, 4) is 0 Å². The first-order chi connectivity index (χ1) is 8.59. The van der Waals surface area contributed by atoms with Crippen LogP contribution in [0.3, 0.4) is 0 Å². The average Bonchev–Trinajstić information content (AvgIpc) is 2.41. The van der Waals surface area contributed by atoms with Gasteiger partial charge in [-0.15, -0.1) is 0 Å². The van der Waals surface area contributed by atoms with Crippen LogP contribution in [0.15, 0.2) is 36.9 Å². The van der Waals surface area contributed by atoms with E-state index in [0.717, 1.165) is 0 Å². The van der Waals surface area contributed by atoms with E-state index in [4.69, 9.17) is 17.3 Å². The summed E-state index contributed by atoms with van der Waals surface area (Å²) in [5.74, 6) is -0.246. The van der Waals surface area contributed by atoms with E-state index in [1.807, 2.05) is 0 Å². The number of hydrogen-bond donors (Lipinski definition) is 1. The highest BCUT2D eigenvalue weighted by Crippen LogP contribution is 2.26. The van der Waals surface area contributed by atoms with Gasteiger partial charge in [0.2, 0.25) is 0 Å². The van der Waals surface area contributed by atoms with Crippen molar-refractivity contribution in [1.82, 2.24) is 9.97 Å². The minimum Gasteiger partial charge on any atom is -0.397 e. The largest absolute Gasteiger partial charge is 0.397 e. The minimum absolute atomic E-state index is 0.246. The molecule has 2 aromatic rings. The number of halogens is 1. The Labute approximate surface area is 109 Å². The quantitative estimate of drug-likeness (QED) is 0.840. The van der Waals surface area contributed by atoms with E-state index in [0.29, 0.717) is 22.0 Å². The van der Waals surface area contributed by atoms with Gasteiger partial charge in [-0.1, -0.05) is 11.6 Å². The average molecular weight is 263 g/mol. The summed E-state index contributed by atoms with van der Waals surface area (Å²) in [7, 11) is 1.62. The zero-order chi connectivity index (χ0) is 13.1. The molecule has 5 nitrogen and oxygen atoms in total. The molecule has 0 atom stereocenters. The third-order valence-electron chi connectivity index (χ3n) is 2.47. The Kier molecular flexibility index (Phi) is 3.43. The number of hydrogen-bond acceptors (Lipinski definition) is 4. The summed E-state index contributed by atoms with van der Waals surface area (Å²) in [5.41, 5.74) is 7.24. The van der Waals surface area contributed by atoms with Crippen molar-refractivity contribution in [3.05, 3.63) is 47.5 Å². The molecule has 0 aliphatic heterocycles. The summed E-state index contributed by atoms with van der Waals surface area (Å²) in [6.07, 6.45) is 4.27. The fourth-order valence-electron chi connectivity index (χ4n) is 1.52. The number of nitrogens with zero attached hydrogens (tertiary/aromatic N) is 3. The van der Waals surface area contributed by atoms with Crippen molar-refractivity contribution in [2.24, 2.45) is 0 Å². The van der Waals surface area contributed by atoms with Gasteiger partial charge in [0, 0.05) is 24.5 Å². The van der Waals surface area contributed by atoms with Crippen LogP contribution < -0.4 is 10.6 Å². The predicted molar refractivity (Wildman–Crippen MR) is 70.6 cm³/mol. The number of rotatable bonds is 2. The number of aromatic nitrogens is 2. The van der Waals surface area contributed by atoms with Crippen LogP contribution in [-0.2, 0) is 0 Å². The Morgan fingerprint density at radius 2 is 2.00 bits per heavy atom. The zero-order valence-electron chi connectivity index (χ0n) is 9.67. The van der Waals surface area contributed by atoms with E-state index in [9.17, 15) is 4.79 Å². The summed E-state index contributed by atoms with van der Waals surface area (Å²) in [4.78, 5) is 21.2. The smallest absolute Gasteiger partial charge is 0.261 e. The molecule has 6 heteroatoms. The molecule has 1 heterocycles. The Balaban J connectivity index is 2.34. The van der Waals surface area contributed by atoms with Gasteiger partial charge in [0.25, 0.3) is 5.91 Å². The maximum Gasteiger partial charge on any atom is 0.261 e. The number of benzene rings is 1. The van der Waals surface area contributed by atoms with Crippen molar-refractivity contribution in [3.63, 3.8) is 0 Å². The monoisotopic (exact) mass is 262 g/mol. The molecule has 2 rings (SSSR count). The van der Waals surface area contributed by atoms with Gasteiger partial charge in [0.05, 0.1) is 16.9 Å². The lowest BCUT2D eigenvalue weighted by molar-refractivity contribution is 0.0992. The lowest BCUT2D eigenvalue weighted by Crippen LogP contribution is -2.27. The number of anilines is 2. The van der Waals surface area contributed by atoms with Gasteiger partial charge < -0.3 is 10.6 Å². The highest BCUT2D eigenvalue weighted by atomic mass is 35.5. The van der Waals surface area contributed by atoms with Gasteiger partial charge in [-0.05, 0) is 18.2 Å². The molecule has 1 amide bonds. The van der Waals surface area contributed by atoms with Crippen LogP contribution in [-0.4, -0.2) is 22.9 Å². The molecule has 0 aliphatic rings. The van der Waals surface area contributed by atoms with Gasteiger partial charge in [-0.25, -0.2) is 9.97 Å². The highest BCUT2D eigenvalue weighted by molar-refractivity contribution is 6.31. The number of carbonyl (C=O) groups excluding carboxylic acids is 1. The van der Waals surface area contributed by atoms with Crippen molar-refractivity contribution in [2.75, 3.05) is 17.7 Å². The van der Waals surface area contributed by atoms with E-state index in [1.54, 1.807) is 25.2 Å². The molecule has 0 unspecified atom stereocenters. The van der Waals surface area contributed by atoms with Gasteiger partial charge in [-0.3, -0.25) is 4.79 Å². The summed E-state index contributed by atoms with van der Waals surface area (Å²) >= 11 is 5.89. The molecular weight excluding hydrogens is 252 g/mol. The normalized spacial score (nSPS) is 10.1. The van der Waals surface area contributed by atoms with Gasteiger partial charge in [-0.2, -0.15) is 0 Å². The van der Waals surface area contributed by atoms with E-state index in [1.165, 1.54) is 23.6 Å². The number of carbonyl (C=O) groups is 1. The molecular formula is C12H11ClN4O. The molecule has 0 spiro atoms. The van der Waals surface area contributed by atoms with Crippen LogP contribution in [0, 0.1) is 0 Å². The Morgan fingerprint density at radius 3 is 2.67 bits per heavy atom. The van der Waals surface area contributed by atoms with Crippen molar-refractivity contribution in [1.29, 1.82) is 0 Å². The van der Waals surface area contributed by atoms with E-state index >= 15 is 0 Å². The molecule has 18 heavy (non-hydrogen) atoms. The zero-order valence-corrected chi connectivity index (χ0v) is 10.4. The molecule has 0 fully saturated rings. The number of amides is 1. The second-order valence-corrected chi connectivity index (χ2v) is 4.13. The van der Waals surface area contributed by atoms with Crippen molar-refractivity contribution >= 4 is 28.9 Å². The number of nitrogen functional groups attached to an aromatic ring is 1. The van der Waals surface area contributed by atoms with E-state index in [-0.39, 0.29) is 5.91 Å². The molecule has 0 bridgehead atoms. The lowest BCUT2D eigenvalue weighted by atomic mass is 10.2. The SMILES string of the molecule is CN(C(=O)c1cncnc1)c1cc(Cl)ccc1N. The lowest BCUT2D eigenvalue weighted by Gasteiger charge is -2.19. The maximum atomic E-state index is 12.2. The van der Waals surface area contributed by atoms with Crippen LogP contribution in [0.2, 0.25) is 5.02 Å². The Bertz CT molecular complexity index is 574. The van der Waals surface area contributed by atoms with E-state index < -0.39 is 0 Å². The minimum atomic E-state index is -0.246. The third kappa shape index (κ3) is 2.41.